The van der Waals surface area contributed by atoms with Gasteiger partial charge in [-0.1, -0.05) is 45.5 Å². The van der Waals surface area contributed by atoms with E-state index in [4.69, 9.17) is 0 Å². The normalized spacial score (nSPS) is 6.64. The van der Waals surface area contributed by atoms with Gasteiger partial charge in [0.15, 0.2) is 0 Å². The molecule has 0 bridgehead atoms. The summed E-state index contributed by atoms with van der Waals surface area (Å²) >= 11 is 0. The number of benzene rings is 1. The van der Waals surface area contributed by atoms with E-state index in [1.165, 1.54) is 19.3 Å². The van der Waals surface area contributed by atoms with Crippen LogP contribution in [0.25, 0.3) is 0 Å². The van der Waals surface area contributed by atoms with Gasteiger partial charge in [-0.25, -0.2) is 0 Å². The number of hydrogen-bond acceptors (Lipinski definition) is 0. The van der Waals surface area contributed by atoms with Gasteiger partial charge in [0.25, 0.3) is 0 Å². The Morgan fingerprint density at radius 1 is 0.636 bits per heavy atom. The molecule has 0 saturated carbocycles. The Morgan fingerprint density at radius 3 is 1.09 bits per heavy atom. The molecular weight excluding hydrogens is 801 g/mol. The molecule has 0 heterocycles. The summed E-state index contributed by atoms with van der Waals surface area (Å²) < 4.78 is 0. The Labute approximate surface area is 319 Å². The molecule has 22 heavy (non-hydrogen) atoms. The molecule has 1 aromatic rings. The SMILES string of the molecule is C.CC.[B].[CH3-].[CH3-].[Y].[Y].[Y].[Y].[Y].[Y].[Y].c1ccc2c(c1)CCC2. The second kappa shape index (κ2) is 51.0. The number of aryl methyl sites for hydroxylation is 2. The Balaban J connectivity index is -0.0000000100. The van der Waals surface area contributed by atoms with Gasteiger partial charge < -0.3 is 14.9 Å². The number of rotatable bonds is 0. The van der Waals surface area contributed by atoms with Crippen molar-refractivity contribution in [1.29, 1.82) is 0 Å². The first-order chi connectivity index (χ1) is 5.47. The van der Waals surface area contributed by atoms with E-state index in [-0.39, 0.29) is 260 Å². The van der Waals surface area contributed by atoms with Crippen LogP contribution in [-0.4, -0.2) is 8.41 Å². The summed E-state index contributed by atoms with van der Waals surface area (Å²) in [4.78, 5) is 0. The summed E-state index contributed by atoms with van der Waals surface area (Å²) in [5, 5.41) is 0. The van der Waals surface area contributed by atoms with Crippen LogP contribution < -0.4 is 0 Å². The Bertz CT molecular complexity index is 215. The Morgan fingerprint density at radius 2 is 0.864 bits per heavy atom. The van der Waals surface area contributed by atoms with E-state index in [1.807, 2.05) is 13.8 Å². The predicted molar refractivity (Wildman–Crippen MR) is 75.1 cm³/mol. The van der Waals surface area contributed by atoms with E-state index in [0.717, 1.165) is 0 Å². The fourth-order valence-corrected chi connectivity index (χ4v) is 1.51. The molecule has 108 valence electrons. The molecule has 0 spiro atoms. The van der Waals surface area contributed by atoms with Gasteiger partial charge >= 0.3 is 0 Å². The molecule has 0 fully saturated rings. The summed E-state index contributed by atoms with van der Waals surface area (Å²) in [6.07, 6.45) is 3.96. The van der Waals surface area contributed by atoms with Crippen molar-refractivity contribution in [1.82, 2.24) is 0 Å². The third-order valence-electron chi connectivity index (χ3n) is 2.01. The van der Waals surface area contributed by atoms with Crippen molar-refractivity contribution in [2.45, 2.75) is 40.5 Å². The molecule has 2 rings (SSSR count). The summed E-state index contributed by atoms with van der Waals surface area (Å²) in [6.45, 7) is 4.00. The zero-order chi connectivity index (χ0) is 8.10. The maximum Gasteiger partial charge on any atom is 0 e. The molecule has 1 aliphatic rings. The van der Waals surface area contributed by atoms with E-state index in [1.54, 1.807) is 11.1 Å². The zero-order valence-electron chi connectivity index (χ0n) is 14.0. The van der Waals surface area contributed by atoms with Gasteiger partial charge in [-0.05, 0) is 30.4 Å². The zero-order valence-corrected chi connectivity index (χ0v) is 33.9. The molecule has 0 aliphatic heterocycles. The average Bonchev–Trinajstić information content (AvgIpc) is 2.55. The van der Waals surface area contributed by atoms with E-state index >= 15 is 0 Å². The first kappa shape index (κ1) is 70.2. The topological polar surface area (TPSA) is 0 Å². The van der Waals surface area contributed by atoms with Crippen molar-refractivity contribution in [3.8, 4) is 0 Å². The molecule has 0 atom stereocenters. The summed E-state index contributed by atoms with van der Waals surface area (Å²) in [5.74, 6) is 0. The first-order valence-corrected chi connectivity index (χ1v) is 4.53. The minimum Gasteiger partial charge on any atom is -0.358 e. The van der Waals surface area contributed by atoms with Crippen LogP contribution in [-0.2, 0) is 242 Å². The quantitative estimate of drug-likeness (QED) is 0.270. The van der Waals surface area contributed by atoms with Gasteiger partial charge in [0.05, 0.1) is 0 Å². The molecule has 1 aromatic carbocycles. The van der Waals surface area contributed by atoms with Crippen molar-refractivity contribution in [2.75, 3.05) is 0 Å². The van der Waals surface area contributed by atoms with Crippen LogP contribution >= 0.6 is 0 Å². The molecule has 0 saturated heterocycles. The molecule has 0 N–H and O–H groups in total. The van der Waals surface area contributed by atoms with Crippen LogP contribution in [0.3, 0.4) is 0 Å². The van der Waals surface area contributed by atoms with Crippen molar-refractivity contribution in [2.24, 2.45) is 0 Å². The van der Waals surface area contributed by atoms with Crippen molar-refractivity contribution >= 4 is 8.41 Å². The fraction of sp³-hybridized carbons (Fsp3) is 0.429. The maximum absolute atomic E-state index is 2.24. The molecule has 1 aliphatic carbocycles. The molecular formula is C14H26BY7-2. The summed E-state index contributed by atoms with van der Waals surface area (Å²) in [5.41, 5.74) is 3.13. The second-order valence-corrected chi connectivity index (χ2v) is 2.62. The summed E-state index contributed by atoms with van der Waals surface area (Å²) in [6, 6.07) is 8.74. The van der Waals surface area contributed by atoms with Crippen molar-refractivity contribution in [3.05, 3.63) is 50.2 Å². The monoisotopic (exact) mass is 828 g/mol. The van der Waals surface area contributed by atoms with E-state index in [9.17, 15) is 0 Å². The van der Waals surface area contributed by atoms with Gasteiger partial charge in [-0.3, -0.25) is 0 Å². The predicted octanol–water partition coefficient (Wildman–Crippen LogP) is 4.34. The van der Waals surface area contributed by atoms with Crippen LogP contribution in [0, 0.1) is 14.9 Å². The average molecular weight is 828 g/mol. The van der Waals surface area contributed by atoms with E-state index in [2.05, 4.69) is 24.3 Å². The van der Waals surface area contributed by atoms with Gasteiger partial charge in [-0.15, -0.1) is 0 Å². The van der Waals surface area contributed by atoms with Crippen LogP contribution in [0.1, 0.15) is 38.8 Å². The smallest absolute Gasteiger partial charge is 0 e. The standard InChI is InChI=1S/C9H10.C2H6.CH4.2CH3.B.7Y/c1-2-5-9-7-3-6-8(9)4-1;1-2;;;;;;;;;;;/h1-2,4-5H,3,6-7H2;1-2H3;1H4;2*1H3;;;;;;;;/q;;;2*-1;;;;;;;;. The molecule has 0 unspecified atom stereocenters. The van der Waals surface area contributed by atoms with Crippen molar-refractivity contribution < 1.29 is 229 Å². The molecule has 8 heteroatoms. The van der Waals surface area contributed by atoms with E-state index < -0.39 is 0 Å². The Kier molecular flexibility index (Phi) is 163. The van der Waals surface area contributed by atoms with Gasteiger partial charge in [0, 0.05) is 237 Å². The van der Waals surface area contributed by atoms with Crippen LogP contribution in [0.5, 0.6) is 0 Å². The largest absolute Gasteiger partial charge is 0.358 e. The second-order valence-electron chi connectivity index (χ2n) is 2.62. The minimum atomic E-state index is 0. The third kappa shape index (κ3) is 31.7. The van der Waals surface area contributed by atoms with Gasteiger partial charge in [0.2, 0.25) is 0 Å². The van der Waals surface area contributed by atoms with E-state index in [0.29, 0.717) is 0 Å². The van der Waals surface area contributed by atoms with Gasteiger partial charge in [0.1, 0.15) is 0 Å². The minimum absolute atomic E-state index is 0. The first-order valence-electron chi connectivity index (χ1n) is 4.53. The molecule has 0 aromatic heterocycles. The fourth-order valence-electron chi connectivity index (χ4n) is 1.51. The maximum atomic E-state index is 2.24. The number of fused-ring (bicyclic) bond motifs is 1. The van der Waals surface area contributed by atoms with Crippen LogP contribution in [0.2, 0.25) is 0 Å². The third-order valence-corrected chi connectivity index (χ3v) is 2.01. The molecule has 0 amide bonds. The van der Waals surface area contributed by atoms with Gasteiger partial charge in [-0.2, -0.15) is 0 Å². The summed E-state index contributed by atoms with van der Waals surface area (Å²) in [7, 11) is 0. The molecule has 10 radical (unpaired) electrons. The number of hydrogen-bond donors (Lipinski definition) is 0. The van der Waals surface area contributed by atoms with Crippen LogP contribution in [0.15, 0.2) is 24.3 Å². The Hall–Kier alpha value is 7.01. The van der Waals surface area contributed by atoms with Crippen molar-refractivity contribution in [3.63, 3.8) is 0 Å². The molecule has 0 nitrogen and oxygen atoms in total. The van der Waals surface area contributed by atoms with Crippen LogP contribution in [0.4, 0.5) is 0 Å².